The summed E-state index contributed by atoms with van der Waals surface area (Å²) in [6.45, 7) is 11.7. The smallest absolute Gasteiger partial charge is 0.138 e. The number of hydrogen-bond donors (Lipinski definition) is 0. The molecule has 0 amide bonds. The van der Waals surface area contributed by atoms with Gasteiger partial charge in [0, 0.05) is 0 Å². The molecule has 0 aromatic heterocycles. The van der Waals surface area contributed by atoms with Crippen molar-refractivity contribution in [2.45, 2.75) is 52.0 Å². The lowest BCUT2D eigenvalue weighted by molar-refractivity contribution is 1.20. The topological polar surface area (TPSA) is 0 Å². The molecule has 1 aromatic rings. The van der Waals surface area contributed by atoms with E-state index in [0.29, 0.717) is 0 Å². The van der Waals surface area contributed by atoms with Crippen LogP contribution >= 0.6 is 0 Å². The van der Waals surface area contributed by atoms with Crippen LogP contribution in [0.3, 0.4) is 0 Å². The number of rotatable bonds is 4. The normalized spacial score (nSPS) is 11.8. The molecule has 0 spiro atoms. The second-order valence-electron chi connectivity index (χ2n) is 5.58. The zero-order valence-electron chi connectivity index (χ0n) is 12.5. The Morgan fingerprint density at radius 3 is 1.78 bits per heavy atom. The summed E-state index contributed by atoms with van der Waals surface area (Å²) in [5, 5.41) is 1.46. The lowest BCUT2D eigenvalue weighted by Crippen LogP contribution is -2.41. The molecule has 0 nitrogen and oxygen atoms in total. The van der Waals surface area contributed by atoms with Crippen LogP contribution in [0, 0.1) is 11.1 Å². The van der Waals surface area contributed by atoms with Gasteiger partial charge in [0.2, 0.25) is 0 Å². The van der Waals surface area contributed by atoms with Crippen LogP contribution in [0.2, 0.25) is 31.2 Å². The lowest BCUT2D eigenvalue weighted by Gasteiger charge is -2.22. The fraction of sp³-hybridized carbons (Fsp3) is 0.500. The summed E-state index contributed by atoms with van der Waals surface area (Å²) in [5.41, 5.74) is 7.49. The van der Waals surface area contributed by atoms with E-state index in [0.717, 1.165) is 0 Å². The van der Waals surface area contributed by atoms with Crippen molar-refractivity contribution in [1.29, 1.82) is 0 Å². The Balaban J connectivity index is 3.03. The standard InChI is InChI=1S/C16H26Si2/c1-6-18(7-2,8-3)15-14-17(4,5)16-12-10-9-11-13-16/h9-13H,6-8H2,1-5H3. The Morgan fingerprint density at radius 1 is 0.833 bits per heavy atom. The first kappa shape index (κ1) is 15.3. The molecule has 0 atom stereocenters. The van der Waals surface area contributed by atoms with Gasteiger partial charge in [-0.2, -0.15) is 0 Å². The van der Waals surface area contributed by atoms with Crippen LogP contribution < -0.4 is 5.19 Å². The van der Waals surface area contributed by atoms with Crippen molar-refractivity contribution in [2.24, 2.45) is 0 Å². The first-order valence-electron chi connectivity index (χ1n) is 7.09. The number of hydrogen-bond acceptors (Lipinski definition) is 0. The molecule has 0 N–H and O–H groups in total. The van der Waals surface area contributed by atoms with E-state index in [2.05, 4.69) is 75.3 Å². The highest BCUT2D eigenvalue weighted by Gasteiger charge is 2.26. The van der Waals surface area contributed by atoms with Crippen LogP contribution in [0.15, 0.2) is 30.3 Å². The van der Waals surface area contributed by atoms with Crippen LogP contribution in [-0.4, -0.2) is 16.1 Å². The zero-order chi connectivity index (χ0) is 13.6. The fourth-order valence-corrected chi connectivity index (χ4v) is 7.74. The average molecular weight is 275 g/mol. The summed E-state index contributed by atoms with van der Waals surface area (Å²) >= 11 is 0. The van der Waals surface area contributed by atoms with E-state index in [9.17, 15) is 0 Å². The molecule has 0 bridgehead atoms. The monoisotopic (exact) mass is 274 g/mol. The Morgan fingerprint density at radius 2 is 1.33 bits per heavy atom. The lowest BCUT2D eigenvalue weighted by atomic mass is 10.4. The van der Waals surface area contributed by atoms with Crippen LogP contribution in [0.25, 0.3) is 0 Å². The minimum absolute atomic E-state index is 1.29. The van der Waals surface area contributed by atoms with Gasteiger partial charge in [0.05, 0.1) is 0 Å². The molecule has 2 heteroatoms. The van der Waals surface area contributed by atoms with Crippen molar-refractivity contribution >= 4 is 21.3 Å². The predicted molar refractivity (Wildman–Crippen MR) is 88.5 cm³/mol. The van der Waals surface area contributed by atoms with Crippen molar-refractivity contribution in [2.75, 3.05) is 0 Å². The Kier molecular flexibility index (Phi) is 5.43. The van der Waals surface area contributed by atoms with Gasteiger partial charge in [-0.25, -0.2) is 0 Å². The van der Waals surface area contributed by atoms with Crippen LogP contribution in [-0.2, 0) is 0 Å². The first-order chi connectivity index (χ1) is 8.49. The van der Waals surface area contributed by atoms with Crippen molar-refractivity contribution in [1.82, 2.24) is 0 Å². The van der Waals surface area contributed by atoms with Gasteiger partial charge >= 0.3 is 0 Å². The van der Waals surface area contributed by atoms with Gasteiger partial charge in [-0.1, -0.05) is 64.2 Å². The Bertz CT molecular complexity index is 411. The molecule has 0 radical (unpaired) electrons. The maximum atomic E-state index is 3.77. The minimum atomic E-state index is -1.56. The fourth-order valence-electron chi connectivity index (χ4n) is 2.23. The molecule has 0 saturated carbocycles. The zero-order valence-corrected chi connectivity index (χ0v) is 14.5. The van der Waals surface area contributed by atoms with Crippen LogP contribution in [0.1, 0.15) is 20.8 Å². The summed E-state index contributed by atoms with van der Waals surface area (Å²) in [6.07, 6.45) is 0. The largest absolute Gasteiger partial charge is 0.161 e. The van der Waals surface area contributed by atoms with Gasteiger partial charge in [0.1, 0.15) is 8.07 Å². The van der Waals surface area contributed by atoms with E-state index in [1.54, 1.807) is 0 Å². The maximum absolute atomic E-state index is 3.77. The molecule has 1 rings (SSSR count). The molecule has 0 fully saturated rings. The van der Waals surface area contributed by atoms with Crippen LogP contribution in [0.4, 0.5) is 0 Å². The summed E-state index contributed by atoms with van der Waals surface area (Å²) in [6, 6.07) is 14.7. The Hall–Kier alpha value is -0.786. The second-order valence-corrected chi connectivity index (χ2v) is 14.6. The van der Waals surface area contributed by atoms with E-state index >= 15 is 0 Å². The summed E-state index contributed by atoms with van der Waals surface area (Å²) in [4.78, 5) is 0. The third-order valence-electron chi connectivity index (χ3n) is 4.17. The van der Waals surface area contributed by atoms with Crippen molar-refractivity contribution < 1.29 is 0 Å². The van der Waals surface area contributed by atoms with Crippen molar-refractivity contribution in [3.05, 3.63) is 30.3 Å². The van der Waals surface area contributed by atoms with E-state index in [4.69, 9.17) is 0 Å². The average Bonchev–Trinajstić information content (AvgIpc) is 2.42. The molecule has 0 unspecified atom stereocenters. The number of benzene rings is 1. The quantitative estimate of drug-likeness (QED) is 0.570. The minimum Gasteiger partial charge on any atom is -0.138 e. The summed E-state index contributed by atoms with van der Waals surface area (Å²) < 4.78 is 0. The molecule has 0 aliphatic carbocycles. The molecule has 0 aliphatic heterocycles. The molecule has 1 aromatic carbocycles. The highest BCUT2D eigenvalue weighted by atomic mass is 28.3. The van der Waals surface area contributed by atoms with E-state index < -0.39 is 16.1 Å². The third-order valence-corrected chi connectivity index (χ3v) is 11.7. The maximum Gasteiger partial charge on any atom is 0.161 e. The Labute approximate surface area is 115 Å². The van der Waals surface area contributed by atoms with Gasteiger partial charge in [-0.05, 0) is 23.3 Å². The highest BCUT2D eigenvalue weighted by molar-refractivity contribution is 6.98. The van der Waals surface area contributed by atoms with E-state index in [1.165, 1.54) is 23.3 Å². The van der Waals surface area contributed by atoms with Crippen molar-refractivity contribution in [3.8, 4) is 11.1 Å². The first-order valence-corrected chi connectivity index (χ1v) is 12.7. The SMILES string of the molecule is CC[Si](C#C[Si](C)(C)c1ccccc1)(CC)CC. The van der Waals surface area contributed by atoms with Gasteiger partial charge < -0.3 is 0 Å². The summed E-state index contributed by atoms with van der Waals surface area (Å²) in [7, 11) is -2.85. The third kappa shape index (κ3) is 3.60. The van der Waals surface area contributed by atoms with Crippen LogP contribution in [0.5, 0.6) is 0 Å². The van der Waals surface area contributed by atoms with E-state index in [-0.39, 0.29) is 0 Å². The second kappa shape index (κ2) is 6.40. The summed E-state index contributed by atoms with van der Waals surface area (Å²) in [5.74, 6) is 0. The van der Waals surface area contributed by atoms with Gasteiger partial charge in [0.25, 0.3) is 0 Å². The molecule has 0 heterocycles. The molecule has 18 heavy (non-hydrogen) atoms. The molecular weight excluding hydrogens is 248 g/mol. The molecular formula is C16H26Si2. The van der Waals surface area contributed by atoms with Crippen molar-refractivity contribution in [3.63, 3.8) is 0 Å². The van der Waals surface area contributed by atoms with E-state index in [1.807, 2.05) is 0 Å². The molecule has 0 saturated heterocycles. The van der Waals surface area contributed by atoms with Gasteiger partial charge in [0.15, 0.2) is 8.07 Å². The van der Waals surface area contributed by atoms with Gasteiger partial charge in [-0.3, -0.25) is 0 Å². The highest BCUT2D eigenvalue weighted by Crippen LogP contribution is 2.19. The molecule has 98 valence electrons. The van der Waals surface area contributed by atoms with Gasteiger partial charge in [-0.15, -0.1) is 11.1 Å². The predicted octanol–water partition coefficient (Wildman–Crippen LogP) is 4.19. The molecule has 0 aliphatic rings.